The molecule has 5 nitrogen and oxygen atoms in total. The fourth-order valence-corrected chi connectivity index (χ4v) is 1.94. The highest BCUT2D eigenvalue weighted by Crippen LogP contribution is 2.19. The molecule has 0 atom stereocenters. The topological polar surface area (TPSA) is 62.8 Å². The second-order valence-electron chi connectivity index (χ2n) is 6.04. The zero-order valence-corrected chi connectivity index (χ0v) is 12.8. The molecule has 0 radical (unpaired) electrons. The van der Waals surface area contributed by atoms with Crippen LogP contribution in [0, 0.1) is 0 Å². The lowest BCUT2D eigenvalue weighted by Gasteiger charge is -2.21. The Labute approximate surface area is 120 Å². The van der Waals surface area contributed by atoms with Crippen LogP contribution in [-0.2, 0) is 11.3 Å². The highest BCUT2D eigenvalue weighted by molar-refractivity contribution is 5.79. The molecule has 0 aliphatic rings. The standard InChI is InChI=1S/C15H24N4O/c1-5-6-9-20-10-12-11-7-8-13(17-15(2,3)4)16-14(11)19-18-12/h7-8H,5-6,9-10H2,1-4H3,(H2,16,17,18,19). The van der Waals surface area contributed by atoms with Crippen molar-refractivity contribution >= 4 is 16.9 Å². The van der Waals surface area contributed by atoms with Crippen LogP contribution in [0.4, 0.5) is 5.82 Å². The monoisotopic (exact) mass is 276 g/mol. The average molecular weight is 276 g/mol. The number of nitrogens with one attached hydrogen (secondary N) is 2. The smallest absolute Gasteiger partial charge is 0.157 e. The van der Waals surface area contributed by atoms with E-state index in [1.54, 1.807) is 0 Å². The van der Waals surface area contributed by atoms with E-state index < -0.39 is 0 Å². The van der Waals surface area contributed by atoms with Gasteiger partial charge in [0.2, 0.25) is 0 Å². The molecule has 0 amide bonds. The fraction of sp³-hybridized carbons (Fsp3) is 0.600. The normalized spacial score (nSPS) is 12.0. The number of unbranched alkanes of at least 4 members (excludes halogenated alkanes) is 1. The molecule has 0 saturated heterocycles. The molecular weight excluding hydrogens is 252 g/mol. The van der Waals surface area contributed by atoms with Crippen LogP contribution < -0.4 is 5.32 Å². The van der Waals surface area contributed by atoms with Crippen LogP contribution in [-0.4, -0.2) is 27.3 Å². The first-order valence-corrected chi connectivity index (χ1v) is 7.19. The number of rotatable bonds is 6. The molecule has 0 aliphatic heterocycles. The lowest BCUT2D eigenvalue weighted by molar-refractivity contribution is 0.116. The van der Waals surface area contributed by atoms with E-state index >= 15 is 0 Å². The van der Waals surface area contributed by atoms with Gasteiger partial charge in [-0.15, -0.1) is 0 Å². The van der Waals surface area contributed by atoms with Gasteiger partial charge in [0.05, 0.1) is 12.3 Å². The average Bonchev–Trinajstić information content (AvgIpc) is 2.75. The summed E-state index contributed by atoms with van der Waals surface area (Å²) in [7, 11) is 0. The minimum absolute atomic E-state index is 0.00715. The third-order valence-electron chi connectivity index (χ3n) is 2.89. The number of hydrogen-bond donors (Lipinski definition) is 2. The van der Waals surface area contributed by atoms with Crippen molar-refractivity contribution in [3.05, 3.63) is 17.8 Å². The van der Waals surface area contributed by atoms with Gasteiger partial charge in [-0.1, -0.05) is 13.3 Å². The number of aromatic amines is 1. The highest BCUT2D eigenvalue weighted by Gasteiger charge is 2.12. The molecule has 2 aromatic rings. The number of aromatic nitrogens is 3. The van der Waals surface area contributed by atoms with E-state index in [1.807, 2.05) is 12.1 Å². The molecule has 110 valence electrons. The number of anilines is 1. The summed E-state index contributed by atoms with van der Waals surface area (Å²) in [6, 6.07) is 4.02. The van der Waals surface area contributed by atoms with Gasteiger partial charge < -0.3 is 10.1 Å². The summed E-state index contributed by atoms with van der Waals surface area (Å²) in [5.41, 5.74) is 1.71. The van der Waals surface area contributed by atoms with Crippen molar-refractivity contribution in [1.29, 1.82) is 0 Å². The molecule has 0 aromatic carbocycles. The molecule has 0 spiro atoms. The minimum atomic E-state index is -0.00715. The predicted molar refractivity (Wildman–Crippen MR) is 81.8 cm³/mol. The van der Waals surface area contributed by atoms with Gasteiger partial charge in [-0.3, -0.25) is 5.10 Å². The summed E-state index contributed by atoms with van der Waals surface area (Å²) >= 11 is 0. The summed E-state index contributed by atoms with van der Waals surface area (Å²) in [5.74, 6) is 0.854. The van der Waals surface area contributed by atoms with Crippen LogP contribution in [0.3, 0.4) is 0 Å². The van der Waals surface area contributed by atoms with Gasteiger partial charge in [-0.25, -0.2) is 4.98 Å². The molecule has 2 heterocycles. The van der Waals surface area contributed by atoms with E-state index in [0.29, 0.717) is 6.61 Å². The van der Waals surface area contributed by atoms with E-state index in [2.05, 4.69) is 48.2 Å². The Bertz CT molecular complexity index is 556. The summed E-state index contributed by atoms with van der Waals surface area (Å²) in [6.07, 6.45) is 2.23. The molecule has 0 saturated carbocycles. The second kappa shape index (κ2) is 6.22. The van der Waals surface area contributed by atoms with Gasteiger partial charge in [0.25, 0.3) is 0 Å². The summed E-state index contributed by atoms with van der Waals surface area (Å²) in [4.78, 5) is 4.54. The zero-order valence-electron chi connectivity index (χ0n) is 12.8. The fourth-order valence-electron chi connectivity index (χ4n) is 1.94. The molecule has 0 fully saturated rings. The van der Waals surface area contributed by atoms with Crippen LogP contribution in [0.5, 0.6) is 0 Å². The van der Waals surface area contributed by atoms with E-state index in [0.717, 1.165) is 42.0 Å². The van der Waals surface area contributed by atoms with Crippen LogP contribution in [0.2, 0.25) is 0 Å². The maximum absolute atomic E-state index is 5.61. The van der Waals surface area contributed by atoms with Crippen LogP contribution in [0.1, 0.15) is 46.2 Å². The van der Waals surface area contributed by atoms with Crippen molar-refractivity contribution in [2.45, 2.75) is 52.7 Å². The molecule has 2 N–H and O–H groups in total. The Hall–Kier alpha value is -1.62. The lowest BCUT2D eigenvalue weighted by atomic mass is 10.1. The van der Waals surface area contributed by atoms with E-state index in [4.69, 9.17) is 4.74 Å². The number of nitrogens with zero attached hydrogens (tertiary/aromatic N) is 2. The first-order chi connectivity index (χ1) is 9.49. The first kappa shape index (κ1) is 14.8. The van der Waals surface area contributed by atoms with Crippen LogP contribution in [0.25, 0.3) is 11.0 Å². The maximum Gasteiger partial charge on any atom is 0.157 e. The third-order valence-corrected chi connectivity index (χ3v) is 2.89. The van der Waals surface area contributed by atoms with Crippen molar-refractivity contribution in [3.8, 4) is 0 Å². The quantitative estimate of drug-likeness (QED) is 0.793. The van der Waals surface area contributed by atoms with Crippen molar-refractivity contribution in [2.75, 3.05) is 11.9 Å². The molecule has 0 unspecified atom stereocenters. The van der Waals surface area contributed by atoms with Gasteiger partial charge in [-0.2, -0.15) is 5.10 Å². The number of H-pyrrole nitrogens is 1. The van der Waals surface area contributed by atoms with Gasteiger partial charge in [0.1, 0.15) is 5.82 Å². The van der Waals surface area contributed by atoms with Gasteiger partial charge in [0.15, 0.2) is 5.65 Å². The molecule has 2 rings (SSSR count). The Kier molecular flexibility index (Phi) is 4.60. The maximum atomic E-state index is 5.61. The Balaban J connectivity index is 2.08. The van der Waals surface area contributed by atoms with Crippen molar-refractivity contribution in [1.82, 2.24) is 15.2 Å². The number of fused-ring (bicyclic) bond motifs is 1. The lowest BCUT2D eigenvalue weighted by Crippen LogP contribution is -2.26. The third kappa shape index (κ3) is 3.93. The Morgan fingerprint density at radius 2 is 2.10 bits per heavy atom. The Morgan fingerprint density at radius 1 is 1.30 bits per heavy atom. The van der Waals surface area contributed by atoms with Gasteiger partial charge >= 0.3 is 0 Å². The molecule has 20 heavy (non-hydrogen) atoms. The Morgan fingerprint density at radius 3 is 2.80 bits per heavy atom. The number of hydrogen-bond acceptors (Lipinski definition) is 4. The van der Waals surface area contributed by atoms with Crippen molar-refractivity contribution in [3.63, 3.8) is 0 Å². The van der Waals surface area contributed by atoms with Crippen LogP contribution >= 0.6 is 0 Å². The molecule has 5 heteroatoms. The second-order valence-corrected chi connectivity index (χ2v) is 6.04. The SMILES string of the molecule is CCCCOCc1n[nH]c2nc(NC(C)(C)C)ccc12. The van der Waals surface area contributed by atoms with E-state index in [9.17, 15) is 0 Å². The number of pyridine rings is 1. The molecular formula is C15H24N4O. The highest BCUT2D eigenvalue weighted by atomic mass is 16.5. The van der Waals surface area contributed by atoms with Gasteiger partial charge in [-0.05, 0) is 39.3 Å². The molecule has 0 bridgehead atoms. The van der Waals surface area contributed by atoms with E-state index in [1.165, 1.54) is 0 Å². The van der Waals surface area contributed by atoms with Gasteiger partial charge in [0, 0.05) is 17.5 Å². The summed E-state index contributed by atoms with van der Waals surface area (Å²) in [5, 5.41) is 11.6. The zero-order chi connectivity index (χ0) is 14.6. The first-order valence-electron chi connectivity index (χ1n) is 7.19. The van der Waals surface area contributed by atoms with Crippen LogP contribution in [0.15, 0.2) is 12.1 Å². The number of ether oxygens (including phenoxy) is 1. The molecule has 2 aromatic heterocycles. The molecule has 0 aliphatic carbocycles. The largest absolute Gasteiger partial charge is 0.375 e. The summed E-state index contributed by atoms with van der Waals surface area (Å²) < 4.78 is 5.61. The summed E-state index contributed by atoms with van der Waals surface area (Å²) in [6.45, 7) is 9.80. The van der Waals surface area contributed by atoms with E-state index in [-0.39, 0.29) is 5.54 Å². The predicted octanol–water partition coefficient (Wildman–Crippen LogP) is 3.49. The van der Waals surface area contributed by atoms with Crippen molar-refractivity contribution in [2.24, 2.45) is 0 Å². The van der Waals surface area contributed by atoms with Crippen molar-refractivity contribution < 1.29 is 4.74 Å². The minimum Gasteiger partial charge on any atom is -0.375 e.